The summed E-state index contributed by atoms with van der Waals surface area (Å²) in [5.74, 6) is 0. The first-order valence-electron chi connectivity index (χ1n) is 2.49. The van der Waals surface area contributed by atoms with Gasteiger partial charge in [-0.2, -0.15) is 21.6 Å². The van der Waals surface area contributed by atoms with E-state index < -0.39 is 26.0 Å². The second kappa shape index (κ2) is 4.39. The van der Waals surface area contributed by atoms with E-state index in [0.29, 0.717) is 0 Å². The predicted molar refractivity (Wildman–Crippen MR) is 41.2 cm³/mol. The molecule has 0 aromatic rings. The molecule has 0 spiro atoms. The number of halogens is 6. The Bertz CT molecular complexity index is 261. The van der Waals surface area contributed by atoms with E-state index in [4.69, 9.17) is 34.8 Å². The van der Waals surface area contributed by atoms with Crippen LogP contribution in [0.2, 0.25) is 0 Å². The van der Waals surface area contributed by atoms with Crippen molar-refractivity contribution < 1.29 is 25.8 Å². The summed E-state index contributed by atoms with van der Waals surface area (Å²) in [6.45, 7) is 0. The second-order valence-corrected chi connectivity index (χ2v) is 4.84. The monoisotopic (exact) mass is 280 g/mol. The van der Waals surface area contributed by atoms with Gasteiger partial charge >= 0.3 is 15.6 Å². The van der Waals surface area contributed by atoms with Crippen molar-refractivity contribution in [3.63, 3.8) is 0 Å². The van der Waals surface area contributed by atoms with Gasteiger partial charge < -0.3 is 0 Å². The van der Waals surface area contributed by atoms with Gasteiger partial charge in [-0.1, -0.05) is 11.6 Å². The highest BCUT2D eigenvalue weighted by Gasteiger charge is 2.49. The predicted octanol–water partition coefficient (Wildman–Crippen LogP) is 2.22. The van der Waals surface area contributed by atoms with Crippen LogP contribution in [0.4, 0.5) is 13.2 Å². The van der Waals surface area contributed by atoms with Crippen LogP contribution in [0.5, 0.6) is 0 Å². The zero-order chi connectivity index (χ0) is 10.9. The summed E-state index contributed by atoms with van der Waals surface area (Å²) in [5.41, 5.74) is -7.52. The van der Waals surface area contributed by atoms with E-state index in [-0.39, 0.29) is 0 Å². The van der Waals surface area contributed by atoms with Gasteiger partial charge in [0.2, 0.25) is 0 Å². The summed E-state index contributed by atoms with van der Waals surface area (Å²) in [6.07, 6.45) is 0. The molecule has 1 atom stereocenters. The molecule has 0 N–H and O–H groups in total. The molecule has 0 radical (unpaired) electrons. The third-order valence-corrected chi connectivity index (χ3v) is 2.89. The molecule has 0 saturated heterocycles. The van der Waals surface area contributed by atoms with Gasteiger partial charge in [-0.15, -0.1) is 23.2 Å². The molecule has 0 bridgehead atoms. The first-order valence-corrected chi connectivity index (χ1v) is 5.21. The highest BCUT2D eigenvalue weighted by atomic mass is 35.5. The molecule has 10 heteroatoms. The lowest BCUT2D eigenvalue weighted by Gasteiger charge is -2.12. The quantitative estimate of drug-likeness (QED) is 0.452. The molecular formula is C3H2Cl3F3O3S. The van der Waals surface area contributed by atoms with Gasteiger partial charge in [0.25, 0.3) is 0 Å². The van der Waals surface area contributed by atoms with E-state index in [1.807, 2.05) is 0 Å². The van der Waals surface area contributed by atoms with Crippen LogP contribution >= 0.6 is 34.8 Å². The molecule has 0 aliphatic rings. The Hall–Kier alpha value is 0.570. The molecular weight excluding hydrogens is 279 g/mol. The maximum atomic E-state index is 11.6. The molecule has 0 amide bonds. The Balaban J connectivity index is 4.55. The van der Waals surface area contributed by atoms with Gasteiger partial charge in [0.1, 0.15) is 4.84 Å². The van der Waals surface area contributed by atoms with E-state index in [2.05, 4.69) is 4.18 Å². The minimum Gasteiger partial charge on any atom is -0.241 e. The lowest BCUT2D eigenvalue weighted by atomic mass is 10.8. The van der Waals surface area contributed by atoms with E-state index in [0.717, 1.165) is 0 Å². The molecule has 0 aliphatic carbocycles. The van der Waals surface area contributed by atoms with Crippen molar-refractivity contribution in [1.29, 1.82) is 0 Å². The Kier molecular flexibility index (Phi) is 4.59. The van der Waals surface area contributed by atoms with Crippen molar-refractivity contribution in [3.05, 3.63) is 0 Å². The maximum Gasteiger partial charge on any atom is 0.523 e. The van der Waals surface area contributed by atoms with Gasteiger partial charge in [0.15, 0.2) is 5.56 Å². The topological polar surface area (TPSA) is 43.4 Å². The number of hydrogen-bond acceptors (Lipinski definition) is 3. The molecule has 0 aromatic carbocycles. The first kappa shape index (κ1) is 13.6. The molecule has 0 fully saturated rings. The normalized spacial score (nSPS) is 16.2. The SMILES string of the molecule is O=S(=O)(OC(Cl)C(Cl)Cl)C(F)(F)F. The van der Waals surface area contributed by atoms with Crippen molar-refractivity contribution in [3.8, 4) is 0 Å². The van der Waals surface area contributed by atoms with Gasteiger partial charge in [-0.05, 0) is 0 Å². The summed E-state index contributed by atoms with van der Waals surface area (Å²) in [7, 11) is -5.74. The average molecular weight is 281 g/mol. The molecule has 0 heterocycles. The molecule has 80 valence electrons. The van der Waals surface area contributed by atoms with E-state index in [9.17, 15) is 21.6 Å². The highest BCUT2D eigenvalue weighted by Crippen LogP contribution is 2.28. The maximum absolute atomic E-state index is 11.6. The fourth-order valence-corrected chi connectivity index (χ4v) is 1.19. The van der Waals surface area contributed by atoms with Crippen molar-refractivity contribution in [1.82, 2.24) is 0 Å². The number of hydrogen-bond donors (Lipinski definition) is 0. The summed E-state index contributed by atoms with van der Waals surface area (Å²) in [6, 6.07) is 0. The molecule has 1 unspecified atom stereocenters. The Morgan fingerprint density at radius 3 is 1.77 bits per heavy atom. The minimum absolute atomic E-state index is 1.58. The largest absolute Gasteiger partial charge is 0.523 e. The van der Waals surface area contributed by atoms with E-state index in [1.54, 1.807) is 0 Å². The molecule has 0 aliphatic heterocycles. The van der Waals surface area contributed by atoms with Crippen LogP contribution in [0.3, 0.4) is 0 Å². The van der Waals surface area contributed by atoms with Crippen molar-refractivity contribution in [2.75, 3.05) is 0 Å². The molecule has 0 aromatic heterocycles. The zero-order valence-corrected chi connectivity index (χ0v) is 8.64. The summed E-state index contributed by atoms with van der Waals surface area (Å²) in [4.78, 5) is -1.58. The fourth-order valence-electron chi connectivity index (χ4n) is 0.218. The standard InChI is InChI=1S/C3H2Cl3F3O3S/c4-1(5)2(6)12-13(10,11)3(7,8)9/h1-2H. The Morgan fingerprint density at radius 2 is 1.54 bits per heavy atom. The van der Waals surface area contributed by atoms with Crippen LogP contribution in [0.1, 0.15) is 0 Å². The third kappa shape index (κ3) is 4.07. The lowest BCUT2D eigenvalue weighted by Crippen LogP contribution is -2.30. The zero-order valence-electron chi connectivity index (χ0n) is 5.56. The van der Waals surface area contributed by atoms with Crippen molar-refractivity contribution in [2.24, 2.45) is 0 Å². The third-order valence-electron chi connectivity index (χ3n) is 0.700. The summed E-state index contributed by atoms with van der Waals surface area (Å²) in [5, 5.41) is 0. The summed E-state index contributed by atoms with van der Waals surface area (Å²) < 4.78 is 58.6. The molecule has 13 heavy (non-hydrogen) atoms. The smallest absolute Gasteiger partial charge is 0.241 e. The minimum atomic E-state index is -5.74. The number of rotatable bonds is 3. The fraction of sp³-hybridized carbons (Fsp3) is 1.00. The first-order chi connectivity index (χ1) is 5.58. The van der Waals surface area contributed by atoms with Crippen LogP contribution in [0, 0.1) is 0 Å². The molecule has 0 rings (SSSR count). The Labute approximate surface area is 86.8 Å². The molecule has 0 saturated carbocycles. The number of alkyl halides is 6. The van der Waals surface area contributed by atoms with Gasteiger partial charge in [0.05, 0.1) is 0 Å². The Morgan fingerprint density at radius 1 is 1.15 bits per heavy atom. The highest BCUT2D eigenvalue weighted by molar-refractivity contribution is 7.87. The van der Waals surface area contributed by atoms with Gasteiger partial charge in [0, 0.05) is 0 Å². The van der Waals surface area contributed by atoms with Crippen molar-refractivity contribution in [2.45, 2.75) is 15.9 Å². The van der Waals surface area contributed by atoms with Gasteiger partial charge in [-0.25, -0.2) is 4.18 Å². The van der Waals surface area contributed by atoms with Crippen LogP contribution in [-0.4, -0.2) is 24.3 Å². The van der Waals surface area contributed by atoms with Crippen LogP contribution in [0.25, 0.3) is 0 Å². The van der Waals surface area contributed by atoms with E-state index >= 15 is 0 Å². The molecule has 3 nitrogen and oxygen atoms in total. The average Bonchev–Trinajstić information content (AvgIpc) is 1.83. The van der Waals surface area contributed by atoms with Crippen LogP contribution in [0.15, 0.2) is 0 Å². The van der Waals surface area contributed by atoms with Crippen molar-refractivity contribution >= 4 is 44.9 Å². The van der Waals surface area contributed by atoms with E-state index in [1.165, 1.54) is 0 Å². The van der Waals surface area contributed by atoms with Gasteiger partial charge in [-0.3, -0.25) is 0 Å². The second-order valence-electron chi connectivity index (χ2n) is 1.68. The lowest BCUT2D eigenvalue weighted by molar-refractivity contribution is -0.0549. The van der Waals surface area contributed by atoms with Crippen LogP contribution in [-0.2, 0) is 14.3 Å². The summed E-state index contributed by atoms with van der Waals surface area (Å²) >= 11 is 14.9. The van der Waals surface area contributed by atoms with Crippen LogP contribution < -0.4 is 0 Å².